The highest BCUT2D eigenvalue weighted by Gasteiger charge is 2.32. The van der Waals surface area contributed by atoms with Crippen LogP contribution in [-0.4, -0.2) is 54.4 Å². The number of hydrogen-bond donors (Lipinski definition) is 1. The summed E-state index contributed by atoms with van der Waals surface area (Å²) in [4.78, 5) is 32.5. The fourth-order valence-electron chi connectivity index (χ4n) is 3.37. The Balaban J connectivity index is 1.21. The number of rotatable bonds is 7. The predicted octanol–water partition coefficient (Wildman–Crippen LogP) is 2.34. The minimum absolute atomic E-state index is 0.0891. The van der Waals surface area contributed by atoms with Gasteiger partial charge in [0, 0.05) is 56.0 Å². The van der Waals surface area contributed by atoms with Crippen LogP contribution in [0.5, 0.6) is 0 Å². The number of oxazole rings is 1. The molecule has 0 atom stereocenters. The Morgan fingerprint density at radius 3 is 2.76 bits per heavy atom. The highest BCUT2D eigenvalue weighted by molar-refractivity contribution is 7.08. The molecular weight excluding hydrogens is 390 g/mol. The molecule has 3 heterocycles. The van der Waals surface area contributed by atoms with Crippen LogP contribution in [0.15, 0.2) is 21.2 Å². The molecule has 2 amide bonds. The summed E-state index contributed by atoms with van der Waals surface area (Å²) in [5.41, 5.74) is 1.000. The SMILES string of the molecule is N#Cc1nc(C2CC2)oc1N1CCN(C(=O)CCCNC(=O)c2ccsc2)CC1. The van der Waals surface area contributed by atoms with E-state index in [2.05, 4.69) is 16.4 Å². The van der Waals surface area contributed by atoms with Crippen LogP contribution in [0.2, 0.25) is 0 Å². The van der Waals surface area contributed by atoms with Gasteiger partial charge >= 0.3 is 0 Å². The highest BCUT2D eigenvalue weighted by Crippen LogP contribution is 2.41. The maximum atomic E-state index is 12.4. The second kappa shape index (κ2) is 8.66. The van der Waals surface area contributed by atoms with Crippen molar-refractivity contribution in [2.45, 2.75) is 31.6 Å². The van der Waals surface area contributed by atoms with Crippen molar-refractivity contribution in [3.05, 3.63) is 34.0 Å². The molecule has 2 aromatic rings. The summed E-state index contributed by atoms with van der Waals surface area (Å²) in [5, 5.41) is 15.8. The van der Waals surface area contributed by atoms with E-state index >= 15 is 0 Å². The van der Waals surface area contributed by atoms with Gasteiger partial charge in [0.05, 0.1) is 0 Å². The Morgan fingerprint density at radius 2 is 2.10 bits per heavy atom. The maximum absolute atomic E-state index is 12.4. The smallest absolute Gasteiger partial charge is 0.252 e. The Kier molecular flexibility index (Phi) is 5.81. The fourth-order valence-corrected chi connectivity index (χ4v) is 4.01. The first kappa shape index (κ1) is 19.5. The zero-order valence-corrected chi connectivity index (χ0v) is 16.9. The first-order valence-electron chi connectivity index (χ1n) is 9.89. The third-order valence-corrected chi connectivity index (χ3v) is 5.90. The number of nitrogens with one attached hydrogen (secondary N) is 1. The molecule has 4 rings (SSSR count). The quantitative estimate of drug-likeness (QED) is 0.699. The lowest BCUT2D eigenvalue weighted by Gasteiger charge is -2.34. The van der Waals surface area contributed by atoms with Crippen LogP contribution in [0, 0.1) is 11.3 Å². The summed E-state index contributed by atoms with van der Waals surface area (Å²) in [5.74, 6) is 1.56. The van der Waals surface area contributed by atoms with Gasteiger partial charge in [0.1, 0.15) is 6.07 Å². The van der Waals surface area contributed by atoms with Crippen molar-refractivity contribution in [1.82, 2.24) is 15.2 Å². The standard InChI is InChI=1S/C20H23N5O3S/c21-12-16-20(28-19(23-16)14-3-4-14)25-9-7-24(8-10-25)17(26)2-1-6-22-18(27)15-5-11-29-13-15/h5,11,13-14H,1-4,6-10H2,(H,22,27). The average Bonchev–Trinajstić information content (AvgIpc) is 3.28. The Labute approximate surface area is 173 Å². The molecule has 0 unspecified atom stereocenters. The molecular formula is C20H23N5O3S. The molecule has 1 aliphatic carbocycles. The number of aromatic nitrogens is 1. The normalized spacial score (nSPS) is 16.5. The zero-order chi connectivity index (χ0) is 20.2. The van der Waals surface area contributed by atoms with Gasteiger partial charge < -0.3 is 19.5 Å². The number of piperazine rings is 1. The summed E-state index contributed by atoms with van der Waals surface area (Å²) in [6, 6.07) is 3.90. The minimum Gasteiger partial charge on any atom is -0.423 e. The number of thiophene rings is 1. The first-order valence-corrected chi connectivity index (χ1v) is 10.8. The first-order chi connectivity index (χ1) is 14.2. The van der Waals surface area contributed by atoms with Crippen molar-refractivity contribution in [1.29, 1.82) is 5.26 Å². The third kappa shape index (κ3) is 4.59. The fraction of sp³-hybridized carbons (Fsp3) is 0.500. The highest BCUT2D eigenvalue weighted by atomic mass is 32.1. The van der Waals surface area contributed by atoms with Gasteiger partial charge in [-0.15, -0.1) is 0 Å². The van der Waals surface area contributed by atoms with E-state index in [-0.39, 0.29) is 11.8 Å². The van der Waals surface area contributed by atoms with Crippen LogP contribution in [0.1, 0.15) is 53.5 Å². The predicted molar refractivity (Wildman–Crippen MR) is 108 cm³/mol. The van der Waals surface area contributed by atoms with Crippen molar-refractivity contribution >= 4 is 29.0 Å². The lowest BCUT2D eigenvalue weighted by atomic mass is 10.2. The van der Waals surface area contributed by atoms with Gasteiger partial charge in [-0.2, -0.15) is 16.6 Å². The number of nitriles is 1. The molecule has 1 aliphatic heterocycles. The van der Waals surface area contributed by atoms with Crippen LogP contribution in [0.3, 0.4) is 0 Å². The minimum atomic E-state index is -0.0989. The van der Waals surface area contributed by atoms with Crippen molar-refractivity contribution in [3.8, 4) is 6.07 Å². The second-order valence-corrected chi connectivity index (χ2v) is 8.11. The molecule has 2 aliphatic rings. The van der Waals surface area contributed by atoms with Crippen molar-refractivity contribution in [2.75, 3.05) is 37.6 Å². The van der Waals surface area contributed by atoms with E-state index < -0.39 is 0 Å². The third-order valence-electron chi connectivity index (χ3n) is 5.21. The van der Waals surface area contributed by atoms with E-state index in [1.807, 2.05) is 15.2 Å². The molecule has 1 saturated carbocycles. The maximum Gasteiger partial charge on any atom is 0.252 e. The Morgan fingerprint density at radius 1 is 1.31 bits per heavy atom. The van der Waals surface area contributed by atoms with Crippen LogP contribution >= 0.6 is 11.3 Å². The molecule has 0 radical (unpaired) electrons. The van der Waals surface area contributed by atoms with Gasteiger partial charge in [-0.25, -0.2) is 4.98 Å². The molecule has 29 heavy (non-hydrogen) atoms. The lowest BCUT2D eigenvalue weighted by molar-refractivity contribution is -0.131. The topological polar surface area (TPSA) is 102 Å². The number of carbonyl (C=O) groups excluding carboxylic acids is 2. The van der Waals surface area contributed by atoms with Crippen LogP contribution in [-0.2, 0) is 4.79 Å². The number of amides is 2. The van der Waals surface area contributed by atoms with E-state index in [4.69, 9.17) is 4.42 Å². The Hall–Kier alpha value is -2.86. The number of carbonyl (C=O) groups is 2. The van der Waals surface area contributed by atoms with E-state index in [0.717, 1.165) is 12.8 Å². The second-order valence-electron chi connectivity index (χ2n) is 7.33. The summed E-state index contributed by atoms with van der Waals surface area (Å²) < 4.78 is 5.85. The van der Waals surface area contributed by atoms with Crippen LogP contribution in [0.25, 0.3) is 0 Å². The number of anilines is 1. The molecule has 152 valence electrons. The number of nitrogens with zero attached hydrogens (tertiary/aromatic N) is 4. The van der Waals surface area contributed by atoms with Crippen molar-refractivity contribution in [3.63, 3.8) is 0 Å². The lowest BCUT2D eigenvalue weighted by Crippen LogP contribution is -2.49. The molecule has 2 fully saturated rings. The summed E-state index contributed by atoms with van der Waals surface area (Å²) >= 11 is 1.48. The van der Waals surface area contributed by atoms with Crippen LogP contribution in [0.4, 0.5) is 5.88 Å². The zero-order valence-electron chi connectivity index (χ0n) is 16.1. The summed E-state index contributed by atoms with van der Waals surface area (Å²) in [7, 11) is 0. The number of hydrogen-bond acceptors (Lipinski definition) is 7. The van der Waals surface area contributed by atoms with Gasteiger partial charge in [0.15, 0.2) is 0 Å². The van der Waals surface area contributed by atoms with Crippen molar-refractivity contribution < 1.29 is 14.0 Å². The van der Waals surface area contributed by atoms with E-state index in [1.165, 1.54) is 11.3 Å². The van der Waals surface area contributed by atoms with E-state index in [9.17, 15) is 14.9 Å². The Bertz CT molecular complexity index is 905. The molecule has 1 N–H and O–H groups in total. The molecule has 2 aromatic heterocycles. The molecule has 0 spiro atoms. The van der Waals surface area contributed by atoms with Gasteiger partial charge in [0.25, 0.3) is 5.91 Å². The van der Waals surface area contributed by atoms with Gasteiger partial charge in [0.2, 0.25) is 23.4 Å². The van der Waals surface area contributed by atoms with Crippen LogP contribution < -0.4 is 10.2 Å². The van der Waals surface area contributed by atoms with E-state index in [0.29, 0.717) is 74.5 Å². The largest absolute Gasteiger partial charge is 0.423 e. The summed E-state index contributed by atoms with van der Waals surface area (Å²) in [6.07, 6.45) is 3.16. The molecule has 8 nitrogen and oxygen atoms in total. The molecule has 0 aromatic carbocycles. The molecule has 1 saturated heterocycles. The van der Waals surface area contributed by atoms with Gasteiger partial charge in [-0.1, -0.05) is 0 Å². The molecule has 0 bridgehead atoms. The van der Waals surface area contributed by atoms with Gasteiger partial charge in [-0.3, -0.25) is 9.59 Å². The monoisotopic (exact) mass is 413 g/mol. The van der Waals surface area contributed by atoms with Gasteiger partial charge in [-0.05, 0) is 30.7 Å². The average molecular weight is 414 g/mol. The summed E-state index contributed by atoms with van der Waals surface area (Å²) in [6.45, 7) is 2.89. The van der Waals surface area contributed by atoms with E-state index in [1.54, 1.807) is 11.4 Å². The molecule has 9 heteroatoms. The van der Waals surface area contributed by atoms with Crippen molar-refractivity contribution in [2.24, 2.45) is 0 Å².